The minimum atomic E-state index is -0.279. The van der Waals surface area contributed by atoms with Gasteiger partial charge in [0.2, 0.25) is 5.91 Å². The zero-order chi connectivity index (χ0) is 10.7. The summed E-state index contributed by atoms with van der Waals surface area (Å²) in [6, 6.07) is 9.55. The van der Waals surface area contributed by atoms with Crippen LogP contribution in [0.25, 0.3) is 0 Å². The second-order valence-corrected chi connectivity index (χ2v) is 3.74. The highest BCUT2D eigenvalue weighted by Gasteiger charge is 2.23. The Balaban J connectivity index is 2.01. The largest absolute Gasteiger partial charge is 0.301 e. The number of benzene rings is 1. The molecule has 0 bridgehead atoms. The fourth-order valence-corrected chi connectivity index (χ4v) is 1.60. The average molecular weight is 221 g/mol. The molecule has 1 aliphatic rings. The third kappa shape index (κ3) is 2.51. The van der Waals surface area contributed by atoms with E-state index in [9.17, 15) is 4.79 Å². The van der Waals surface area contributed by atoms with Gasteiger partial charge in [-0.05, 0) is 24.2 Å². The molecular formula is C10H11N3OS. The number of hydrogen-bond acceptors (Lipinski definition) is 3. The quantitative estimate of drug-likeness (QED) is 0.620. The number of carbonyl (C=O) groups excluding carboxylic acids is 1. The van der Waals surface area contributed by atoms with Gasteiger partial charge in [-0.25, -0.2) is 5.43 Å². The van der Waals surface area contributed by atoms with Crippen molar-refractivity contribution >= 4 is 23.2 Å². The van der Waals surface area contributed by atoms with E-state index >= 15 is 0 Å². The molecule has 3 N–H and O–H groups in total. The van der Waals surface area contributed by atoms with Crippen LogP contribution in [0.2, 0.25) is 0 Å². The van der Waals surface area contributed by atoms with E-state index in [4.69, 9.17) is 12.2 Å². The zero-order valence-corrected chi connectivity index (χ0v) is 8.80. The summed E-state index contributed by atoms with van der Waals surface area (Å²) >= 11 is 4.79. The first-order chi connectivity index (χ1) is 7.25. The molecule has 1 unspecified atom stereocenters. The standard InChI is InChI=1S/C10H11N3OS/c14-9-8(12-13-10(15)11-9)6-7-4-2-1-3-5-7/h1-5,8,12H,6H2,(H2,11,13,14,15). The number of thiocarbonyl (C=S) groups is 1. The zero-order valence-electron chi connectivity index (χ0n) is 7.99. The number of amides is 1. The number of nitrogens with one attached hydrogen (secondary N) is 3. The number of hydrogen-bond donors (Lipinski definition) is 3. The van der Waals surface area contributed by atoms with Crippen molar-refractivity contribution in [2.24, 2.45) is 0 Å². The molecule has 0 aliphatic carbocycles. The second kappa shape index (κ2) is 4.37. The molecule has 0 saturated carbocycles. The minimum absolute atomic E-state index is 0.0948. The van der Waals surface area contributed by atoms with E-state index in [0.717, 1.165) is 5.56 Å². The SMILES string of the molecule is O=C1NC(=S)NNC1Cc1ccccc1. The van der Waals surface area contributed by atoms with E-state index in [1.54, 1.807) is 0 Å². The molecule has 78 valence electrons. The molecule has 0 aromatic heterocycles. The van der Waals surface area contributed by atoms with Crippen LogP contribution in [0.3, 0.4) is 0 Å². The molecular weight excluding hydrogens is 210 g/mol. The minimum Gasteiger partial charge on any atom is -0.301 e. The maximum atomic E-state index is 11.5. The molecule has 5 heteroatoms. The van der Waals surface area contributed by atoms with Gasteiger partial charge in [0.05, 0.1) is 0 Å². The van der Waals surface area contributed by atoms with Gasteiger partial charge in [-0.2, -0.15) is 0 Å². The molecule has 1 aromatic carbocycles. The molecule has 0 radical (unpaired) electrons. The van der Waals surface area contributed by atoms with Crippen LogP contribution in [0.15, 0.2) is 30.3 Å². The molecule has 4 nitrogen and oxygen atoms in total. The predicted octanol–water partition coefficient (Wildman–Crippen LogP) is 0.107. The molecule has 1 aromatic rings. The first-order valence-electron chi connectivity index (χ1n) is 4.66. The van der Waals surface area contributed by atoms with Gasteiger partial charge in [0.1, 0.15) is 6.04 Å². The smallest absolute Gasteiger partial charge is 0.245 e. The molecule has 15 heavy (non-hydrogen) atoms. The van der Waals surface area contributed by atoms with Crippen molar-refractivity contribution in [1.82, 2.24) is 16.2 Å². The second-order valence-electron chi connectivity index (χ2n) is 3.33. The maximum absolute atomic E-state index is 11.5. The van der Waals surface area contributed by atoms with Gasteiger partial charge in [0.25, 0.3) is 0 Å². The van der Waals surface area contributed by atoms with Crippen molar-refractivity contribution in [3.8, 4) is 0 Å². The molecule has 1 atom stereocenters. The van der Waals surface area contributed by atoms with Gasteiger partial charge in [-0.15, -0.1) is 0 Å². The monoisotopic (exact) mass is 221 g/mol. The van der Waals surface area contributed by atoms with Crippen LogP contribution in [-0.4, -0.2) is 17.1 Å². The Morgan fingerprint density at radius 3 is 2.67 bits per heavy atom. The van der Waals surface area contributed by atoms with Crippen LogP contribution >= 0.6 is 12.2 Å². The fraction of sp³-hybridized carbons (Fsp3) is 0.200. The lowest BCUT2D eigenvalue weighted by molar-refractivity contribution is -0.122. The number of hydrazine groups is 1. The molecule has 1 fully saturated rings. The van der Waals surface area contributed by atoms with Crippen molar-refractivity contribution in [3.63, 3.8) is 0 Å². The lowest BCUT2D eigenvalue weighted by Crippen LogP contribution is -2.62. The van der Waals surface area contributed by atoms with Crippen LogP contribution in [0.4, 0.5) is 0 Å². The first-order valence-corrected chi connectivity index (χ1v) is 5.07. The Labute approximate surface area is 93.0 Å². The van der Waals surface area contributed by atoms with Gasteiger partial charge in [-0.1, -0.05) is 30.3 Å². The molecule has 2 rings (SSSR count). The maximum Gasteiger partial charge on any atom is 0.245 e. The van der Waals surface area contributed by atoms with Crippen molar-refractivity contribution < 1.29 is 4.79 Å². The molecule has 0 spiro atoms. The Morgan fingerprint density at radius 1 is 1.27 bits per heavy atom. The molecule has 1 heterocycles. The van der Waals surface area contributed by atoms with E-state index < -0.39 is 0 Å². The summed E-state index contributed by atoms with van der Waals surface area (Å²) in [7, 11) is 0. The van der Waals surface area contributed by atoms with Crippen LogP contribution in [0, 0.1) is 0 Å². The number of rotatable bonds is 2. The van der Waals surface area contributed by atoms with Crippen molar-refractivity contribution in [2.45, 2.75) is 12.5 Å². The Bertz CT molecular complexity index is 380. The summed E-state index contributed by atoms with van der Waals surface area (Å²) < 4.78 is 0. The first kappa shape index (κ1) is 10.1. The van der Waals surface area contributed by atoms with E-state index in [1.807, 2.05) is 30.3 Å². The summed E-state index contributed by atoms with van der Waals surface area (Å²) in [4.78, 5) is 11.5. The van der Waals surface area contributed by atoms with Gasteiger partial charge in [0.15, 0.2) is 5.11 Å². The highest BCUT2D eigenvalue weighted by molar-refractivity contribution is 7.80. The van der Waals surface area contributed by atoms with Gasteiger partial charge >= 0.3 is 0 Å². The normalized spacial score (nSPS) is 20.7. The molecule has 1 amide bonds. The average Bonchev–Trinajstić information content (AvgIpc) is 2.24. The van der Waals surface area contributed by atoms with E-state index in [-0.39, 0.29) is 11.9 Å². The van der Waals surface area contributed by atoms with Gasteiger partial charge in [-0.3, -0.25) is 10.2 Å². The van der Waals surface area contributed by atoms with Crippen LogP contribution in [0.5, 0.6) is 0 Å². The molecule has 1 saturated heterocycles. The Kier molecular flexibility index (Phi) is 2.94. The van der Waals surface area contributed by atoms with Crippen LogP contribution in [-0.2, 0) is 11.2 Å². The third-order valence-corrected chi connectivity index (χ3v) is 2.40. The summed E-state index contributed by atoms with van der Waals surface area (Å²) in [6.45, 7) is 0. The lowest BCUT2D eigenvalue weighted by Gasteiger charge is -2.25. The fourth-order valence-electron chi connectivity index (χ4n) is 1.44. The molecule has 1 aliphatic heterocycles. The van der Waals surface area contributed by atoms with Gasteiger partial charge < -0.3 is 5.32 Å². The highest BCUT2D eigenvalue weighted by Crippen LogP contribution is 2.03. The summed E-state index contributed by atoms with van der Waals surface area (Å²) in [5, 5.41) is 2.89. The summed E-state index contributed by atoms with van der Waals surface area (Å²) in [5.74, 6) is -0.0948. The van der Waals surface area contributed by atoms with Crippen LogP contribution < -0.4 is 16.2 Å². The van der Waals surface area contributed by atoms with Crippen LogP contribution in [0.1, 0.15) is 5.56 Å². The number of carbonyl (C=O) groups is 1. The van der Waals surface area contributed by atoms with Crippen molar-refractivity contribution in [2.75, 3.05) is 0 Å². The lowest BCUT2D eigenvalue weighted by atomic mass is 10.1. The Morgan fingerprint density at radius 2 is 2.00 bits per heavy atom. The summed E-state index contributed by atoms with van der Waals surface area (Å²) in [6.07, 6.45) is 0.641. The predicted molar refractivity (Wildman–Crippen MR) is 60.9 cm³/mol. The van der Waals surface area contributed by atoms with Crippen molar-refractivity contribution in [3.05, 3.63) is 35.9 Å². The highest BCUT2D eigenvalue weighted by atomic mass is 32.1. The van der Waals surface area contributed by atoms with Gasteiger partial charge in [0, 0.05) is 0 Å². The van der Waals surface area contributed by atoms with E-state index in [1.165, 1.54) is 0 Å². The summed E-state index contributed by atoms with van der Waals surface area (Å²) in [5.41, 5.74) is 6.71. The third-order valence-electron chi connectivity index (χ3n) is 2.20. The topological polar surface area (TPSA) is 53.2 Å². The van der Waals surface area contributed by atoms with E-state index in [2.05, 4.69) is 16.2 Å². The van der Waals surface area contributed by atoms with E-state index in [0.29, 0.717) is 11.5 Å². The Hall–Kier alpha value is -1.46. The van der Waals surface area contributed by atoms with Crippen molar-refractivity contribution in [1.29, 1.82) is 0 Å².